The Hall–Kier alpha value is -2.02. The Bertz CT molecular complexity index is 772. The van der Waals surface area contributed by atoms with Gasteiger partial charge in [0.1, 0.15) is 5.82 Å². The maximum Gasteiger partial charge on any atom is 0.122 e. The van der Waals surface area contributed by atoms with Crippen LogP contribution in [0.2, 0.25) is 0 Å². The van der Waals surface area contributed by atoms with Crippen molar-refractivity contribution in [2.75, 3.05) is 13.2 Å². The van der Waals surface area contributed by atoms with E-state index in [1.165, 1.54) is 5.56 Å². The maximum absolute atomic E-state index is 5.97. The number of hydrogen-bond acceptors (Lipinski definition) is 5. The third-order valence-corrected chi connectivity index (χ3v) is 5.19. The topological polar surface area (TPSA) is 43.2 Å². The highest BCUT2D eigenvalue weighted by atomic mass is 32.1. The third kappa shape index (κ3) is 4.34. The van der Waals surface area contributed by atoms with E-state index in [1.807, 2.05) is 30.6 Å². The Labute approximate surface area is 151 Å². The molecule has 130 valence electrons. The standard InChI is InChI=1S/C19H22N4OS/c1-2-5-20-18(3-1)14-24-13-17-10-22(9-16-4-8-25-15-16)12-19-21-6-7-23(19)11-17/h1-8,15,17H,9-14H2/t17-/m1/s1. The molecule has 0 saturated heterocycles. The van der Waals surface area contributed by atoms with Crippen LogP contribution in [0.1, 0.15) is 17.1 Å². The van der Waals surface area contributed by atoms with Gasteiger partial charge in [-0.25, -0.2) is 4.98 Å². The first kappa shape index (κ1) is 16.4. The molecule has 25 heavy (non-hydrogen) atoms. The molecule has 0 aromatic carbocycles. The lowest BCUT2D eigenvalue weighted by Gasteiger charge is -2.23. The van der Waals surface area contributed by atoms with E-state index in [4.69, 9.17) is 4.74 Å². The highest BCUT2D eigenvalue weighted by Crippen LogP contribution is 2.19. The number of thiophene rings is 1. The molecule has 3 aromatic heterocycles. The molecule has 3 aromatic rings. The highest BCUT2D eigenvalue weighted by molar-refractivity contribution is 7.07. The Kier molecular flexibility index (Phi) is 5.20. The van der Waals surface area contributed by atoms with E-state index >= 15 is 0 Å². The van der Waals surface area contributed by atoms with Gasteiger partial charge in [-0.3, -0.25) is 9.88 Å². The van der Waals surface area contributed by atoms with Gasteiger partial charge in [-0.05, 0) is 34.5 Å². The van der Waals surface area contributed by atoms with Gasteiger partial charge in [0.2, 0.25) is 0 Å². The number of aromatic nitrogens is 3. The van der Waals surface area contributed by atoms with Crippen LogP contribution < -0.4 is 0 Å². The molecule has 6 heteroatoms. The Balaban J connectivity index is 1.40. The first-order chi connectivity index (χ1) is 12.4. The summed E-state index contributed by atoms with van der Waals surface area (Å²) in [6.45, 7) is 5.12. The van der Waals surface area contributed by atoms with Gasteiger partial charge in [0.05, 0.1) is 25.5 Å². The van der Waals surface area contributed by atoms with Crippen LogP contribution in [0.25, 0.3) is 0 Å². The van der Waals surface area contributed by atoms with E-state index in [0.29, 0.717) is 12.5 Å². The molecule has 1 aliphatic rings. The fourth-order valence-corrected chi connectivity index (χ4v) is 3.96. The van der Waals surface area contributed by atoms with Crippen LogP contribution in [0.3, 0.4) is 0 Å². The van der Waals surface area contributed by atoms with E-state index in [0.717, 1.165) is 44.3 Å². The van der Waals surface area contributed by atoms with Crippen molar-refractivity contribution in [1.29, 1.82) is 0 Å². The lowest BCUT2D eigenvalue weighted by Crippen LogP contribution is -2.30. The molecule has 0 fully saturated rings. The van der Waals surface area contributed by atoms with Gasteiger partial charge in [-0.1, -0.05) is 6.07 Å². The van der Waals surface area contributed by atoms with Crippen molar-refractivity contribution in [3.05, 3.63) is 70.7 Å². The summed E-state index contributed by atoms with van der Waals surface area (Å²) in [6.07, 6.45) is 5.79. The second kappa shape index (κ2) is 7.91. The number of pyridine rings is 1. The molecule has 0 spiro atoms. The summed E-state index contributed by atoms with van der Waals surface area (Å²) in [5, 5.41) is 4.37. The molecule has 0 amide bonds. The molecule has 0 bridgehead atoms. The average Bonchev–Trinajstić information content (AvgIpc) is 3.25. The number of imidazole rings is 1. The van der Waals surface area contributed by atoms with E-state index in [9.17, 15) is 0 Å². The molecular weight excluding hydrogens is 332 g/mol. The van der Waals surface area contributed by atoms with Gasteiger partial charge in [0, 0.05) is 44.1 Å². The number of nitrogens with zero attached hydrogens (tertiary/aromatic N) is 4. The van der Waals surface area contributed by atoms with Crippen molar-refractivity contribution in [3.8, 4) is 0 Å². The molecule has 4 rings (SSSR count). The summed E-state index contributed by atoms with van der Waals surface area (Å²) >= 11 is 1.75. The van der Waals surface area contributed by atoms with Crippen molar-refractivity contribution in [2.24, 2.45) is 5.92 Å². The minimum absolute atomic E-state index is 0.442. The zero-order valence-electron chi connectivity index (χ0n) is 14.1. The molecule has 1 aliphatic heterocycles. The largest absolute Gasteiger partial charge is 0.375 e. The van der Waals surface area contributed by atoms with Crippen molar-refractivity contribution in [2.45, 2.75) is 26.2 Å². The van der Waals surface area contributed by atoms with E-state index in [1.54, 1.807) is 11.3 Å². The normalized spacial score (nSPS) is 18.0. The summed E-state index contributed by atoms with van der Waals surface area (Å²) in [7, 11) is 0. The second-order valence-electron chi connectivity index (χ2n) is 6.50. The molecule has 4 heterocycles. The first-order valence-electron chi connectivity index (χ1n) is 8.58. The van der Waals surface area contributed by atoms with Gasteiger partial charge in [0.25, 0.3) is 0 Å². The van der Waals surface area contributed by atoms with Gasteiger partial charge in [-0.2, -0.15) is 11.3 Å². The average molecular weight is 354 g/mol. The predicted octanol–water partition coefficient (Wildman–Crippen LogP) is 3.19. The summed E-state index contributed by atoms with van der Waals surface area (Å²) < 4.78 is 8.24. The molecule has 0 aliphatic carbocycles. The summed E-state index contributed by atoms with van der Waals surface area (Å²) in [4.78, 5) is 11.3. The lowest BCUT2D eigenvalue weighted by atomic mass is 10.1. The SMILES string of the molecule is c1ccc(COC[C@@H]2CN(Cc3ccsc3)Cc3nccn3C2)nc1. The van der Waals surface area contributed by atoms with E-state index in [-0.39, 0.29) is 0 Å². The van der Waals surface area contributed by atoms with Crippen molar-refractivity contribution in [3.63, 3.8) is 0 Å². The molecule has 0 saturated carbocycles. The van der Waals surface area contributed by atoms with Crippen LogP contribution >= 0.6 is 11.3 Å². The Morgan fingerprint density at radius 3 is 3.00 bits per heavy atom. The quantitative estimate of drug-likeness (QED) is 0.682. The van der Waals surface area contributed by atoms with E-state index in [2.05, 4.69) is 42.5 Å². The minimum Gasteiger partial charge on any atom is -0.375 e. The molecule has 5 nitrogen and oxygen atoms in total. The zero-order valence-corrected chi connectivity index (χ0v) is 14.9. The van der Waals surface area contributed by atoms with Crippen molar-refractivity contribution >= 4 is 11.3 Å². The molecule has 0 N–H and O–H groups in total. The van der Waals surface area contributed by atoms with Crippen molar-refractivity contribution in [1.82, 2.24) is 19.4 Å². The van der Waals surface area contributed by atoms with Crippen LogP contribution in [0.4, 0.5) is 0 Å². The van der Waals surface area contributed by atoms with Crippen LogP contribution in [-0.2, 0) is 31.0 Å². The molecular formula is C19H22N4OS. The molecule has 0 radical (unpaired) electrons. The van der Waals surface area contributed by atoms with E-state index < -0.39 is 0 Å². The number of hydrogen-bond donors (Lipinski definition) is 0. The zero-order chi connectivity index (χ0) is 16.9. The first-order valence-corrected chi connectivity index (χ1v) is 9.52. The Morgan fingerprint density at radius 2 is 2.16 bits per heavy atom. The summed E-state index contributed by atoms with van der Waals surface area (Å²) in [6, 6.07) is 8.13. The molecule has 0 unspecified atom stereocenters. The smallest absolute Gasteiger partial charge is 0.122 e. The fourth-order valence-electron chi connectivity index (χ4n) is 3.30. The van der Waals surface area contributed by atoms with Crippen LogP contribution in [0.5, 0.6) is 0 Å². The minimum atomic E-state index is 0.442. The highest BCUT2D eigenvalue weighted by Gasteiger charge is 2.22. The summed E-state index contributed by atoms with van der Waals surface area (Å²) in [5.41, 5.74) is 2.35. The number of fused-ring (bicyclic) bond motifs is 1. The monoisotopic (exact) mass is 354 g/mol. The predicted molar refractivity (Wildman–Crippen MR) is 98.0 cm³/mol. The summed E-state index contributed by atoms with van der Waals surface area (Å²) in [5.74, 6) is 1.58. The van der Waals surface area contributed by atoms with Crippen molar-refractivity contribution < 1.29 is 4.74 Å². The Morgan fingerprint density at radius 1 is 1.16 bits per heavy atom. The van der Waals surface area contributed by atoms with Gasteiger partial charge < -0.3 is 9.30 Å². The maximum atomic E-state index is 5.97. The van der Waals surface area contributed by atoms with Gasteiger partial charge in [-0.15, -0.1) is 0 Å². The van der Waals surface area contributed by atoms with Crippen LogP contribution in [0, 0.1) is 5.92 Å². The molecule has 1 atom stereocenters. The van der Waals surface area contributed by atoms with Gasteiger partial charge >= 0.3 is 0 Å². The van der Waals surface area contributed by atoms with Crippen LogP contribution in [-0.4, -0.2) is 32.6 Å². The second-order valence-corrected chi connectivity index (χ2v) is 7.28. The van der Waals surface area contributed by atoms with Crippen LogP contribution in [0.15, 0.2) is 53.6 Å². The number of rotatable bonds is 6. The number of ether oxygens (including phenoxy) is 1. The lowest BCUT2D eigenvalue weighted by molar-refractivity contribution is 0.0649. The fraction of sp³-hybridized carbons (Fsp3) is 0.368. The van der Waals surface area contributed by atoms with Gasteiger partial charge in [0.15, 0.2) is 0 Å². The third-order valence-electron chi connectivity index (χ3n) is 4.45.